The van der Waals surface area contributed by atoms with Gasteiger partial charge in [-0.2, -0.15) is 0 Å². The number of methoxy groups -OCH3 is 1. The minimum absolute atomic E-state index is 0.0176. The molecular formula is C9H16BrNO2. The zero-order valence-corrected chi connectivity index (χ0v) is 9.55. The molecule has 4 heteroatoms. The molecule has 0 N–H and O–H groups in total. The van der Waals surface area contributed by atoms with Crippen LogP contribution in [0.3, 0.4) is 0 Å². The quantitative estimate of drug-likeness (QED) is 0.558. The number of ether oxygens (including phenoxy) is 1. The fraction of sp³-hybridized carbons (Fsp3) is 0.889. The van der Waals surface area contributed by atoms with Gasteiger partial charge in [-0.3, -0.25) is 9.69 Å². The van der Waals surface area contributed by atoms with E-state index in [4.69, 9.17) is 4.74 Å². The number of carbonyl (C=O) groups excluding carboxylic acids is 1. The van der Waals surface area contributed by atoms with Gasteiger partial charge in [0.25, 0.3) is 0 Å². The lowest BCUT2D eigenvalue weighted by Gasteiger charge is -2.21. The van der Waals surface area contributed by atoms with Gasteiger partial charge in [0.05, 0.1) is 7.11 Å². The van der Waals surface area contributed by atoms with Gasteiger partial charge in [0.1, 0.15) is 6.04 Å². The first-order chi connectivity index (χ1) is 6.29. The number of carbonyl (C=O) groups is 1. The first-order valence-corrected chi connectivity index (χ1v) is 5.79. The second-order valence-corrected chi connectivity index (χ2v) is 4.05. The van der Waals surface area contributed by atoms with Crippen molar-refractivity contribution < 1.29 is 9.53 Å². The van der Waals surface area contributed by atoms with Crippen LogP contribution in [0.2, 0.25) is 0 Å². The van der Waals surface area contributed by atoms with Gasteiger partial charge in [0.15, 0.2) is 0 Å². The van der Waals surface area contributed by atoms with Gasteiger partial charge in [-0.15, -0.1) is 0 Å². The van der Waals surface area contributed by atoms with Crippen molar-refractivity contribution in [3.8, 4) is 0 Å². The van der Waals surface area contributed by atoms with Crippen molar-refractivity contribution in [2.24, 2.45) is 0 Å². The Morgan fingerprint density at radius 3 is 3.08 bits per heavy atom. The van der Waals surface area contributed by atoms with Crippen molar-refractivity contribution in [3.05, 3.63) is 0 Å². The molecule has 0 unspecified atom stereocenters. The van der Waals surface area contributed by atoms with E-state index in [1.807, 2.05) is 0 Å². The van der Waals surface area contributed by atoms with Crippen molar-refractivity contribution in [3.63, 3.8) is 0 Å². The van der Waals surface area contributed by atoms with Crippen LogP contribution in [0, 0.1) is 0 Å². The largest absolute Gasteiger partial charge is 0.468 e. The number of halogens is 1. The van der Waals surface area contributed by atoms with Gasteiger partial charge in [-0.1, -0.05) is 15.9 Å². The number of hydrogen-bond acceptors (Lipinski definition) is 3. The Labute approximate surface area is 87.6 Å². The van der Waals surface area contributed by atoms with E-state index in [0.717, 1.165) is 37.7 Å². The summed E-state index contributed by atoms with van der Waals surface area (Å²) >= 11 is 3.39. The minimum atomic E-state index is -0.0768. The van der Waals surface area contributed by atoms with Crippen LogP contribution in [0.15, 0.2) is 0 Å². The Kier molecular flexibility index (Phi) is 4.73. The van der Waals surface area contributed by atoms with Gasteiger partial charge >= 0.3 is 5.97 Å². The van der Waals surface area contributed by atoms with Crippen LogP contribution in [0.5, 0.6) is 0 Å². The van der Waals surface area contributed by atoms with Gasteiger partial charge < -0.3 is 4.74 Å². The number of likely N-dealkylation sites (tertiary alicyclic amines) is 1. The lowest BCUT2D eigenvalue weighted by molar-refractivity contribution is -0.145. The minimum Gasteiger partial charge on any atom is -0.468 e. The van der Waals surface area contributed by atoms with Crippen LogP contribution in [-0.2, 0) is 9.53 Å². The van der Waals surface area contributed by atoms with E-state index in [2.05, 4.69) is 20.8 Å². The van der Waals surface area contributed by atoms with Gasteiger partial charge in [0, 0.05) is 5.33 Å². The monoisotopic (exact) mass is 249 g/mol. The molecular weight excluding hydrogens is 234 g/mol. The molecule has 1 heterocycles. The molecule has 0 aromatic carbocycles. The molecule has 1 atom stereocenters. The third kappa shape index (κ3) is 2.95. The second-order valence-electron chi connectivity index (χ2n) is 3.26. The highest BCUT2D eigenvalue weighted by atomic mass is 79.9. The summed E-state index contributed by atoms with van der Waals surface area (Å²) in [6.45, 7) is 2.03. The smallest absolute Gasteiger partial charge is 0.323 e. The predicted octanol–water partition coefficient (Wildman–Crippen LogP) is 1.41. The summed E-state index contributed by atoms with van der Waals surface area (Å²) in [6, 6.07) is 0.0176. The Balaban J connectivity index is 2.39. The second kappa shape index (κ2) is 5.60. The topological polar surface area (TPSA) is 29.5 Å². The summed E-state index contributed by atoms with van der Waals surface area (Å²) < 4.78 is 4.75. The molecule has 76 valence electrons. The van der Waals surface area contributed by atoms with Crippen LogP contribution in [0.25, 0.3) is 0 Å². The van der Waals surface area contributed by atoms with Crippen molar-refractivity contribution in [2.45, 2.75) is 25.3 Å². The molecule has 0 saturated carbocycles. The van der Waals surface area contributed by atoms with Gasteiger partial charge in [-0.05, 0) is 32.4 Å². The van der Waals surface area contributed by atoms with Crippen molar-refractivity contribution >= 4 is 21.9 Å². The molecule has 1 aliphatic rings. The lowest BCUT2D eigenvalue weighted by Crippen LogP contribution is -2.37. The van der Waals surface area contributed by atoms with E-state index in [1.54, 1.807) is 0 Å². The average Bonchev–Trinajstić information content (AvgIpc) is 2.61. The molecule has 0 spiro atoms. The Morgan fingerprint density at radius 1 is 1.69 bits per heavy atom. The molecule has 1 aliphatic heterocycles. The maximum atomic E-state index is 11.3. The fourth-order valence-electron chi connectivity index (χ4n) is 1.76. The molecule has 1 fully saturated rings. The van der Waals surface area contributed by atoms with E-state index in [-0.39, 0.29) is 12.0 Å². The normalized spacial score (nSPS) is 23.4. The van der Waals surface area contributed by atoms with Crippen LogP contribution in [0.4, 0.5) is 0 Å². The Morgan fingerprint density at radius 2 is 2.46 bits per heavy atom. The summed E-state index contributed by atoms with van der Waals surface area (Å²) in [5.41, 5.74) is 0. The van der Waals surface area contributed by atoms with E-state index in [1.165, 1.54) is 7.11 Å². The van der Waals surface area contributed by atoms with Gasteiger partial charge in [-0.25, -0.2) is 0 Å². The van der Waals surface area contributed by atoms with Crippen molar-refractivity contribution in [2.75, 3.05) is 25.5 Å². The van der Waals surface area contributed by atoms with Crippen molar-refractivity contribution in [1.82, 2.24) is 4.90 Å². The summed E-state index contributed by atoms with van der Waals surface area (Å²) in [7, 11) is 1.46. The number of esters is 1. The highest BCUT2D eigenvalue weighted by Gasteiger charge is 2.30. The Hall–Kier alpha value is -0.0900. The molecule has 0 aliphatic carbocycles. The maximum absolute atomic E-state index is 11.3. The third-order valence-corrected chi connectivity index (χ3v) is 2.98. The first-order valence-electron chi connectivity index (χ1n) is 4.67. The lowest BCUT2D eigenvalue weighted by atomic mass is 10.2. The van der Waals surface area contributed by atoms with Crippen LogP contribution in [0.1, 0.15) is 19.3 Å². The van der Waals surface area contributed by atoms with Gasteiger partial charge in [0.2, 0.25) is 0 Å². The summed E-state index contributed by atoms with van der Waals surface area (Å²) in [4.78, 5) is 13.5. The molecule has 1 saturated heterocycles. The molecule has 0 bridgehead atoms. The van der Waals surface area contributed by atoms with Crippen molar-refractivity contribution in [1.29, 1.82) is 0 Å². The van der Waals surface area contributed by atoms with Crippen LogP contribution in [-0.4, -0.2) is 42.4 Å². The molecule has 3 nitrogen and oxygen atoms in total. The molecule has 0 aromatic heterocycles. The van der Waals surface area contributed by atoms with Crippen LogP contribution < -0.4 is 0 Å². The standard InChI is InChI=1S/C9H16BrNO2/c1-13-9(12)8-4-2-6-11(8)7-3-5-10/h8H,2-7H2,1H3/t8-/m0/s1. The number of nitrogens with zero attached hydrogens (tertiary/aromatic N) is 1. The fourth-order valence-corrected chi connectivity index (χ4v) is 2.01. The summed E-state index contributed by atoms with van der Waals surface area (Å²) in [6.07, 6.45) is 3.16. The van der Waals surface area contributed by atoms with E-state index >= 15 is 0 Å². The predicted molar refractivity (Wildman–Crippen MR) is 55.0 cm³/mol. The maximum Gasteiger partial charge on any atom is 0.323 e. The highest BCUT2D eigenvalue weighted by molar-refractivity contribution is 9.09. The molecule has 13 heavy (non-hydrogen) atoms. The van der Waals surface area contributed by atoms with E-state index < -0.39 is 0 Å². The number of alkyl halides is 1. The third-order valence-electron chi connectivity index (χ3n) is 2.42. The molecule has 0 aromatic rings. The van der Waals surface area contributed by atoms with E-state index in [0.29, 0.717) is 0 Å². The Bertz CT molecular complexity index is 175. The molecule has 0 amide bonds. The SMILES string of the molecule is COC(=O)[C@@H]1CCCN1CCCBr. The molecule has 1 rings (SSSR count). The zero-order chi connectivity index (χ0) is 9.68. The highest BCUT2D eigenvalue weighted by Crippen LogP contribution is 2.18. The number of hydrogen-bond donors (Lipinski definition) is 0. The van der Waals surface area contributed by atoms with E-state index in [9.17, 15) is 4.79 Å². The molecule has 0 radical (unpaired) electrons. The first kappa shape index (κ1) is 11.0. The number of rotatable bonds is 4. The zero-order valence-electron chi connectivity index (χ0n) is 7.96. The average molecular weight is 250 g/mol. The summed E-state index contributed by atoms with van der Waals surface area (Å²) in [5.74, 6) is -0.0768. The summed E-state index contributed by atoms with van der Waals surface area (Å²) in [5, 5.41) is 0.997. The van der Waals surface area contributed by atoms with Crippen LogP contribution >= 0.6 is 15.9 Å².